The van der Waals surface area contributed by atoms with Gasteiger partial charge in [0.1, 0.15) is 5.82 Å². The topological polar surface area (TPSA) is 63.0 Å². The van der Waals surface area contributed by atoms with Crippen LogP contribution in [-0.4, -0.2) is 26.7 Å². The molecule has 0 amide bonds. The Morgan fingerprint density at radius 3 is 3.05 bits per heavy atom. The Bertz CT molecular complexity index is 543. The zero-order chi connectivity index (χ0) is 14.4. The smallest absolute Gasteiger partial charge is 0.123 e. The predicted octanol–water partition coefficient (Wildman–Crippen LogP) is 1.65. The summed E-state index contributed by atoms with van der Waals surface area (Å²) in [5.41, 5.74) is 1.73. The summed E-state index contributed by atoms with van der Waals surface area (Å²) in [7, 11) is 0. The molecule has 1 aromatic carbocycles. The summed E-state index contributed by atoms with van der Waals surface area (Å²) >= 11 is 0. The lowest BCUT2D eigenvalue weighted by atomic mass is 10.1. The van der Waals surface area contributed by atoms with E-state index in [-0.39, 0.29) is 18.5 Å². The number of aryl methyl sites for hydroxylation is 1. The SMILES string of the molecule is CC(NCc1cn(CCCO)nn1)c1cccc(F)c1. The lowest BCUT2D eigenvalue weighted by Crippen LogP contribution is -2.18. The summed E-state index contributed by atoms with van der Waals surface area (Å²) in [4.78, 5) is 0. The maximum Gasteiger partial charge on any atom is 0.123 e. The van der Waals surface area contributed by atoms with Crippen molar-refractivity contribution in [2.45, 2.75) is 32.5 Å². The Hall–Kier alpha value is -1.79. The minimum atomic E-state index is -0.230. The van der Waals surface area contributed by atoms with Crippen LogP contribution in [0.5, 0.6) is 0 Å². The number of hydrogen-bond donors (Lipinski definition) is 2. The van der Waals surface area contributed by atoms with Crippen molar-refractivity contribution < 1.29 is 9.50 Å². The summed E-state index contributed by atoms with van der Waals surface area (Å²) in [5, 5.41) is 20.1. The highest BCUT2D eigenvalue weighted by atomic mass is 19.1. The fourth-order valence-electron chi connectivity index (χ4n) is 1.91. The Balaban J connectivity index is 1.86. The van der Waals surface area contributed by atoms with Gasteiger partial charge in [-0.05, 0) is 31.0 Å². The fourth-order valence-corrected chi connectivity index (χ4v) is 1.91. The number of nitrogens with zero attached hydrogens (tertiary/aromatic N) is 3. The molecule has 0 bridgehead atoms. The molecule has 0 fully saturated rings. The van der Waals surface area contributed by atoms with E-state index in [0.717, 1.165) is 11.3 Å². The summed E-state index contributed by atoms with van der Waals surface area (Å²) in [5.74, 6) is -0.230. The van der Waals surface area contributed by atoms with Gasteiger partial charge in [0.15, 0.2) is 0 Å². The van der Waals surface area contributed by atoms with Crippen molar-refractivity contribution in [3.63, 3.8) is 0 Å². The Kier molecular flexibility index (Phi) is 5.20. The van der Waals surface area contributed by atoms with E-state index in [4.69, 9.17) is 5.11 Å². The van der Waals surface area contributed by atoms with Gasteiger partial charge in [-0.15, -0.1) is 5.10 Å². The predicted molar refractivity (Wildman–Crippen MR) is 73.4 cm³/mol. The van der Waals surface area contributed by atoms with Crippen molar-refractivity contribution in [2.75, 3.05) is 6.61 Å². The van der Waals surface area contributed by atoms with Gasteiger partial charge in [-0.3, -0.25) is 4.68 Å². The van der Waals surface area contributed by atoms with Gasteiger partial charge < -0.3 is 10.4 Å². The van der Waals surface area contributed by atoms with Crippen LogP contribution in [0.3, 0.4) is 0 Å². The first-order chi connectivity index (χ1) is 9.69. The van der Waals surface area contributed by atoms with Crippen molar-refractivity contribution >= 4 is 0 Å². The molecule has 1 atom stereocenters. The van der Waals surface area contributed by atoms with Crippen LogP contribution < -0.4 is 5.32 Å². The number of aliphatic hydroxyl groups excluding tert-OH is 1. The van der Waals surface area contributed by atoms with Gasteiger partial charge in [-0.1, -0.05) is 17.3 Å². The third kappa shape index (κ3) is 4.11. The number of aromatic nitrogens is 3. The molecule has 108 valence electrons. The maximum atomic E-state index is 13.1. The Morgan fingerprint density at radius 1 is 1.45 bits per heavy atom. The van der Waals surface area contributed by atoms with Crippen molar-refractivity contribution in [3.05, 3.63) is 47.5 Å². The van der Waals surface area contributed by atoms with E-state index in [9.17, 15) is 4.39 Å². The minimum absolute atomic E-state index is 0.0355. The molecule has 6 heteroatoms. The standard InChI is InChI=1S/C14H19FN4O/c1-11(12-4-2-5-13(15)8-12)16-9-14-10-19(18-17-14)6-3-7-20/h2,4-5,8,10-11,16,20H,3,6-7,9H2,1H3. The molecule has 0 aliphatic rings. The Morgan fingerprint density at radius 2 is 2.30 bits per heavy atom. The van der Waals surface area contributed by atoms with Crippen molar-refractivity contribution in [1.82, 2.24) is 20.3 Å². The monoisotopic (exact) mass is 278 g/mol. The molecule has 0 saturated heterocycles. The molecule has 2 rings (SSSR count). The number of hydrogen-bond acceptors (Lipinski definition) is 4. The zero-order valence-corrected chi connectivity index (χ0v) is 11.5. The van der Waals surface area contributed by atoms with Gasteiger partial charge in [-0.2, -0.15) is 0 Å². The molecule has 5 nitrogen and oxygen atoms in total. The third-order valence-electron chi connectivity index (χ3n) is 3.07. The summed E-state index contributed by atoms with van der Waals surface area (Å²) in [6.07, 6.45) is 2.51. The molecule has 0 aliphatic heterocycles. The molecule has 0 spiro atoms. The van der Waals surface area contributed by atoms with E-state index in [1.54, 1.807) is 10.7 Å². The first kappa shape index (κ1) is 14.6. The number of halogens is 1. The summed E-state index contributed by atoms with van der Waals surface area (Å²) < 4.78 is 14.8. The zero-order valence-electron chi connectivity index (χ0n) is 11.5. The van der Waals surface area contributed by atoms with Gasteiger partial charge in [0, 0.05) is 31.9 Å². The van der Waals surface area contributed by atoms with E-state index >= 15 is 0 Å². The van der Waals surface area contributed by atoms with Gasteiger partial charge in [-0.25, -0.2) is 4.39 Å². The van der Waals surface area contributed by atoms with Crippen LogP contribution in [-0.2, 0) is 13.1 Å². The molecule has 1 heterocycles. The van der Waals surface area contributed by atoms with Crippen LogP contribution in [0.1, 0.15) is 30.6 Å². The quantitative estimate of drug-likeness (QED) is 0.808. The van der Waals surface area contributed by atoms with Crippen LogP contribution in [0.15, 0.2) is 30.5 Å². The van der Waals surface area contributed by atoms with Gasteiger partial charge in [0.25, 0.3) is 0 Å². The average Bonchev–Trinajstić information content (AvgIpc) is 2.90. The molecule has 0 aliphatic carbocycles. The van der Waals surface area contributed by atoms with E-state index < -0.39 is 0 Å². The molecular formula is C14H19FN4O. The molecular weight excluding hydrogens is 259 g/mol. The molecule has 1 unspecified atom stereocenters. The largest absolute Gasteiger partial charge is 0.396 e. The highest BCUT2D eigenvalue weighted by Crippen LogP contribution is 2.13. The molecule has 20 heavy (non-hydrogen) atoms. The highest BCUT2D eigenvalue weighted by molar-refractivity contribution is 5.19. The van der Waals surface area contributed by atoms with Crippen molar-refractivity contribution in [3.8, 4) is 0 Å². The van der Waals surface area contributed by atoms with Crippen LogP contribution in [0.2, 0.25) is 0 Å². The van der Waals surface area contributed by atoms with Crippen LogP contribution >= 0.6 is 0 Å². The van der Waals surface area contributed by atoms with E-state index in [0.29, 0.717) is 19.5 Å². The average molecular weight is 278 g/mol. The Labute approximate surface area is 117 Å². The van der Waals surface area contributed by atoms with E-state index in [1.807, 2.05) is 19.2 Å². The fraction of sp³-hybridized carbons (Fsp3) is 0.429. The normalized spacial score (nSPS) is 12.6. The lowest BCUT2D eigenvalue weighted by Gasteiger charge is -2.13. The number of nitrogens with one attached hydrogen (secondary N) is 1. The van der Waals surface area contributed by atoms with Crippen molar-refractivity contribution in [2.24, 2.45) is 0 Å². The molecule has 0 radical (unpaired) electrons. The van der Waals surface area contributed by atoms with Gasteiger partial charge in [0.05, 0.1) is 5.69 Å². The number of rotatable bonds is 7. The van der Waals surface area contributed by atoms with Crippen molar-refractivity contribution in [1.29, 1.82) is 0 Å². The van der Waals surface area contributed by atoms with Crippen LogP contribution in [0, 0.1) is 5.82 Å². The van der Waals surface area contributed by atoms with Crippen LogP contribution in [0.25, 0.3) is 0 Å². The molecule has 1 aromatic heterocycles. The molecule has 2 N–H and O–H groups in total. The van der Waals surface area contributed by atoms with E-state index in [2.05, 4.69) is 15.6 Å². The summed E-state index contributed by atoms with van der Waals surface area (Å²) in [6.45, 7) is 3.34. The first-order valence-corrected chi connectivity index (χ1v) is 6.68. The van der Waals surface area contributed by atoms with Crippen LogP contribution in [0.4, 0.5) is 4.39 Å². The van der Waals surface area contributed by atoms with Gasteiger partial charge in [0.2, 0.25) is 0 Å². The highest BCUT2D eigenvalue weighted by Gasteiger charge is 2.07. The minimum Gasteiger partial charge on any atom is -0.396 e. The van der Waals surface area contributed by atoms with E-state index in [1.165, 1.54) is 12.1 Å². The maximum absolute atomic E-state index is 13.1. The number of aliphatic hydroxyl groups is 1. The second-order valence-electron chi connectivity index (χ2n) is 4.71. The third-order valence-corrected chi connectivity index (χ3v) is 3.07. The first-order valence-electron chi connectivity index (χ1n) is 6.68. The second-order valence-corrected chi connectivity index (χ2v) is 4.71. The van der Waals surface area contributed by atoms with Gasteiger partial charge >= 0.3 is 0 Å². The number of benzene rings is 1. The molecule has 2 aromatic rings. The second kappa shape index (κ2) is 7.12. The molecule has 0 saturated carbocycles. The summed E-state index contributed by atoms with van der Waals surface area (Å²) in [6, 6.07) is 6.58. The lowest BCUT2D eigenvalue weighted by molar-refractivity contribution is 0.276.